The number of nitrogens with zero attached hydrogens (tertiary/aromatic N) is 4. The zero-order valence-electron chi connectivity index (χ0n) is 39.8. The Morgan fingerprint density at radius 3 is 2.48 bits per heavy atom. The number of aliphatic hydroxyl groups excluding tert-OH is 2. The lowest BCUT2D eigenvalue weighted by atomic mass is 9.55. The lowest BCUT2D eigenvalue weighted by Gasteiger charge is -2.60. The van der Waals surface area contributed by atoms with E-state index in [1.54, 1.807) is 48.5 Å². The molecule has 5 aromatic rings. The van der Waals surface area contributed by atoms with E-state index in [9.17, 15) is 25.6 Å². The standard InChI is InChI=1S/C57H60N4O10/c1-2-30-68-57-52(60(56(64)40-24-22-38(36-58)23-25-40)37-42-16-11-15-39-13-3-4-19-46(39)42)35-50(59-71-53-21-7-10-31-67-53)48-32-41(14-5-8-28-62)47(20-6-9-29-63)54(55(48)57)49-34-45(26-27-51(49)70-57)69-44-18-12-17-43(33-44)61(65)66/h2-4,11-13,15-19,22-27,32-34,41,47,52-55,62-63H,1,5-10,14,20-21,28-31,35,37H2/t41-,47+,52-,53?,54+,55+,57+/m0/s1. The second kappa shape index (κ2) is 22.5. The van der Waals surface area contributed by atoms with Gasteiger partial charge in [0, 0.05) is 55.7 Å². The molecule has 14 nitrogen and oxygen atoms in total. The lowest BCUT2D eigenvalue weighted by Crippen LogP contribution is -2.70. The number of carbonyl (C=O) groups excluding carboxylic acids is 1. The van der Waals surface area contributed by atoms with Crippen LogP contribution in [0.3, 0.4) is 0 Å². The number of nitro benzene ring substituents is 1. The summed E-state index contributed by atoms with van der Waals surface area (Å²) in [6.45, 7) is 4.94. The number of unbranched alkanes of at least 4 members (excludes halogenated alkanes) is 2. The fraction of sp³-hybridized carbons (Fsp3) is 0.386. The molecule has 2 aliphatic carbocycles. The Balaban J connectivity index is 1.28. The molecule has 2 heterocycles. The summed E-state index contributed by atoms with van der Waals surface area (Å²) >= 11 is 0. The number of nitriles is 1. The van der Waals surface area contributed by atoms with Crippen molar-refractivity contribution in [3.05, 3.63) is 166 Å². The topological polar surface area (TPSA) is 186 Å². The highest BCUT2D eigenvalue weighted by molar-refractivity contribution is 6.03. The highest BCUT2D eigenvalue weighted by Gasteiger charge is 2.65. The van der Waals surface area contributed by atoms with Gasteiger partial charge < -0.3 is 38.9 Å². The number of non-ortho nitro benzene ring substituents is 1. The molecule has 71 heavy (non-hydrogen) atoms. The van der Waals surface area contributed by atoms with E-state index in [0.29, 0.717) is 60.0 Å². The van der Waals surface area contributed by atoms with Crippen LogP contribution in [0.2, 0.25) is 0 Å². The number of allylic oxidation sites excluding steroid dienone is 1. The highest BCUT2D eigenvalue weighted by atomic mass is 16.8. The third kappa shape index (κ3) is 10.5. The van der Waals surface area contributed by atoms with Crippen LogP contribution in [-0.2, 0) is 20.9 Å². The Kier molecular flexibility index (Phi) is 15.5. The van der Waals surface area contributed by atoms with E-state index >= 15 is 4.79 Å². The van der Waals surface area contributed by atoms with Gasteiger partial charge in [-0.1, -0.05) is 78.7 Å². The molecular weight excluding hydrogens is 901 g/mol. The van der Waals surface area contributed by atoms with Crippen LogP contribution in [-0.4, -0.2) is 76.2 Å². The summed E-state index contributed by atoms with van der Waals surface area (Å²) in [6.07, 6.45) is 10.3. The second-order valence-electron chi connectivity index (χ2n) is 18.8. The molecule has 0 spiro atoms. The van der Waals surface area contributed by atoms with Gasteiger partial charge in [0.1, 0.15) is 23.3 Å². The predicted molar refractivity (Wildman–Crippen MR) is 268 cm³/mol. The van der Waals surface area contributed by atoms with Crippen molar-refractivity contribution in [2.24, 2.45) is 22.9 Å². The van der Waals surface area contributed by atoms with Crippen LogP contribution in [0.15, 0.2) is 139 Å². The molecule has 0 bridgehead atoms. The van der Waals surface area contributed by atoms with Crippen molar-refractivity contribution in [1.29, 1.82) is 5.26 Å². The van der Waals surface area contributed by atoms with Crippen molar-refractivity contribution in [1.82, 2.24) is 4.90 Å². The molecule has 1 saturated carbocycles. The van der Waals surface area contributed by atoms with Crippen molar-refractivity contribution < 1.29 is 43.7 Å². The van der Waals surface area contributed by atoms with Crippen molar-refractivity contribution in [2.45, 2.75) is 94.8 Å². The van der Waals surface area contributed by atoms with Crippen LogP contribution in [0.5, 0.6) is 17.2 Å². The molecular formula is C57H60N4O10. The molecule has 2 aliphatic heterocycles. The molecule has 0 aromatic heterocycles. The summed E-state index contributed by atoms with van der Waals surface area (Å²) < 4.78 is 27.3. The summed E-state index contributed by atoms with van der Waals surface area (Å²) in [5.41, 5.74) is 3.92. The van der Waals surface area contributed by atoms with Crippen molar-refractivity contribution in [3.8, 4) is 23.3 Å². The third-order valence-corrected chi connectivity index (χ3v) is 14.4. The molecule has 1 unspecified atom stereocenters. The Morgan fingerprint density at radius 2 is 1.72 bits per heavy atom. The van der Waals surface area contributed by atoms with E-state index in [0.717, 1.165) is 66.0 Å². The minimum atomic E-state index is -1.57. The van der Waals surface area contributed by atoms with Gasteiger partial charge in [-0.2, -0.15) is 5.26 Å². The number of fused-ring (bicyclic) bond motifs is 3. The third-order valence-electron chi connectivity index (χ3n) is 14.4. The first-order valence-electron chi connectivity index (χ1n) is 24.8. The van der Waals surface area contributed by atoms with E-state index < -0.39 is 29.0 Å². The molecule has 1 saturated heterocycles. The second-order valence-corrected chi connectivity index (χ2v) is 18.8. The first-order chi connectivity index (χ1) is 34.7. The summed E-state index contributed by atoms with van der Waals surface area (Å²) in [4.78, 5) is 35.2. The molecule has 2 N–H and O–H groups in total. The van der Waals surface area contributed by atoms with Gasteiger partial charge >= 0.3 is 0 Å². The number of benzene rings is 5. The van der Waals surface area contributed by atoms with Crippen LogP contribution >= 0.6 is 0 Å². The Morgan fingerprint density at radius 1 is 0.944 bits per heavy atom. The van der Waals surface area contributed by atoms with Gasteiger partial charge in [0.05, 0.1) is 47.5 Å². The van der Waals surface area contributed by atoms with Crippen molar-refractivity contribution in [3.63, 3.8) is 0 Å². The molecule has 7 atom stereocenters. The average molecular weight is 961 g/mol. The molecule has 368 valence electrons. The minimum Gasteiger partial charge on any atom is -0.459 e. The monoisotopic (exact) mass is 960 g/mol. The number of carbonyl (C=O) groups is 1. The van der Waals surface area contributed by atoms with E-state index in [1.807, 2.05) is 53.4 Å². The number of oxime groups is 1. The zero-order chi connectivity index (χ0) is 49.3. The van der Waals surface area contributed by atoms with E-state index in [-0.39, 0.29) is 62.1 Å². The molecule has 9 rings (SSSR count). The maximum absolute atomic E-state index is 15.7. The van der Waals surface area contributed by atoms with Gasteiger partial charge in [-0.15, -0.1) is 6.58 Å². The Hall–Kier alpha value is -6.89. The van der Waals surface area contributed by atoms with Crippen molar-refractivity contribution >= 4 is 28.1 Å². The SMILES string of the molecule is C=CCO[C@@]12Oc3ccc(Oc4cccc([N+](=O)[O-])c4)cc3[C@H]3[C@H](CCCCO)[C@@H](CCCCO)C=C(C(=NOC4CCCCO4)C[C@@H]1N(Cc1cccc4ccccc14)C(=O)c1ccc(C#N)cc1)[C@H]32. The van der Waals surface area contributed by atoms with Crippen LogP contribution in [0, 0.1) is 39.2 Å². The Bertz CT molecular complexity index is 2810. The van der Waals surface area contributed by atoms with E-state index in [2.05, 4.69) is 24.8 Å². The molecule has 0 radical (unpaired) electrons. The number of nitro groups is 1. The number of rotatable bonds is 20. The van der Waals surface area contributed by atoms with Crippen LogP contribution in [0.1, 0.15) is 97.2 Å². The number of ether oxygens (including phenoxy) is 4. The molecule has 1 amide bonds. The predicted octanol–water partition coefficient (Wildman–Crippen LogP) is 10.9. The highest BCUT2D eigenvalue weighted by Crippen LogP contribution is 2.62. The zero-order valence-corrected chi connectivity index (χ0v) is 39.8. The molecule has 2 fully saturated rings. The summed E-state index contributed by atoms with van der Waals surface area (Å²) in [7, 11) is 0. The minimum absolute atomic E-state index is 0.0272. The smallest absolute Gasteiger partial charge is 0.273 e. The summed E-state index contributed by atoms with van der Waals surface area (Å²) in [5, 5.41) is 48.7. The van der Waals surface area contributed by atoms with E-state index in [1.165, 1.54) is 12.1 Å². The lowest BCUT2D eigenvalue weighted by molar-refractivity contribution is -0.384. The van der Waals surface area contributed by atoms with Gasteiger partial charge in [0.2, 0.25) is 12.1 Å². The summed E-state index contributed by atoms with van der Waals surface area (Å²) in [5.74, 6) is -1.68. The van der Waals surface area contributed by atoms with Crippen LogP contribution in [0.25, 0.3) is 10.8 Å². The fourth-order valence-corrected chi connectivity index (χ4v) is 11.2. The largest absolute Gasteiger partial charge is 0.459 e. The van der Waals surface area contributed by atoms with Crippen LogP contribution in [0.4, 0.5) is 5.69 Å². The maximum Gasteiger partial charge on any atom is 0.273 e. The maximum atomic E-state index is 15.7. The first-order valence-corrected chi connectivity index (χ1v) is 24.8. The van der Waals surface area contributed by atoms with Gasteiger partial charge in [0.25, 0.3) is 11.6 Å². The van der Waals surface area contributed by atoms with Gasteiger partial charge in [-0.05, 0) is 121 Å². The fourth-order valence-electron chi connectivity index (χ4n) is 11.2. The average Bonchev–Trinajstić information content (AvgIpc) is 3.40. The van der Waals surface area contributed by atoms with Gasteiger partial charge in [-0.3, -0.25) is 14.9 Å². The van der Waals surface area contributed by atoms with Crippen molar-refractivity contribution in [2.75, 3.05) is 26.4 Å². The van der Waals surface area contributed by atoms with E-state index in [4.69, 9.17) is 28.9 Å². The van der Waals surface area contributed by atoms with Gasteiger partial charge in [0.15, 0.2) is 0 Å². The molecule has 5 aromatic carbocycles. The number of hydrogen-bond donors (Lipinski definition) is 2. The van der Waals surface area contributed by atoms with Gasteiger partial charge in [-0.25, -0.2) is 0 Å². The number of hydrogen-bond acceptors (Lipinski definition) is 12. The van der Waals surface area contributed by atoms with Crippen LogP contribution < -0.4 is 9.47 Å². The molecule has 4 aliphatic rings. The normalized spacial score (nSPS) is 23.8. The first kappa shape index (κ1) is 49.1. The quantitative estimate of drug-likeness (QED) is 0.0327. The molecule has 14 heteroatoms. The summed E-state index contributed by atoms with van der Waals surface area (Å²) in [6, 6.07) is 33.7. The Labute approximate surface area is 413 Å². The number of amides is 1. The number of aliphatic hydroxyl groups is 2.